The highest BCUT2D eigenvalue weighted by atomic mass is 35.5. The summed E-state index contributed by atoms with van der Waals surface area (Å²) in [6.45, 7) is 2.79. The number of rotatable bonds is 6. The molecule has 0 saturated heterocycles. The Balaban J connectivity index is 1.30. The molecule has 3 fully saturated rings. The largest absolute Gasteiger partial charge is 0.354 e. The van der Waals surface area contributed by atoms with Crippen molar-refractivity contribution in [2.75, 3.05) is 6.54 Å². The van der Waals surface area contributed by atoms with Crippen LogP contribution in [-0.2, 0) is 4.79 Å². The van der Waals surface area contributed by atoms with Gasteiger partial charge < -0.3 is 16.0 Å². The van der Waals surface area contributed by atoms with Crippen LogP contribution in [0, 0.1) is 5.92 Å². The van der Waals surface area contributed by atoms with E-state index in [4.69, 9.17) is 11.6 Å². The molecule has 1 amide bonds. The van der Waals surface area contributed by atoms with E-state index in [9.17, 15) is 4.79 Å². The molecule has 6 heteroatoms. The number of aliphatic imine (C=N–C) groups is 1. The van der Waals surface area contributed by atoms with E-state index in [0.29, 0.717) is 24.0 Å². The van der Waals surface area contributed by atoms with Crippen LogP contribution in [0.1, 0.15) is 63.4 Å². The molecule has 3 N–H and O–H groups in total. The van der Waals surface area contributed by atoms with Crippen molar-refractivity contribution >= 4 is 23.5 Å². The molecule has 1 aromatic rings. The van der Waals surface area contributed by atoms with Crippen molar-refractivity contribution in [3.63, 3.8) is 0 Å². The molecular formula is C22H31ClN4O. The lowest BCUT2D eigenvalue weighted by Crippen LogP contribution is -2.48. The maximum Gasteiger partial charge on any atom is 0.223 e. The van der Waals surface area contributed by atoms with Gasteiger partial charge in [-0.3, -0.25) is 9.79 Å². The first-order chi connectivity index (χ1) is 13.6. The molecule has 3 aliphatic rings. The van der Waals surface area contributed by atoms with Gasteiger partial charge in [0.05, 0.1) is 0 Å². The summed E-state index contributed by atoms with van der Waals surface area (Å²) < 4.78 is 0. The monoisotopic (exact) mass is 402 g/mol. The van der Waals surface area contributed by atoms with Crippen molar-refractivity contribution < 1.29 is 4.79 Å². The van der Waals surface area contributed by atoms with Crippen LogP contribution < -0.4 is 16.0 Å². The van der Waals surface area contributed by atoms with Gasteiger partial charge in [0.15, 0.2) is 5.96 Å². The zero-order valence-electron chi connectivity index (χ0n) is 16.6. The number of benzene rings is 1. The van der Waals surface area contributed by atoms with Crippen LogP contribution in [0.15, 0.2) is 29.3 Å². The predicted octanol–water partition coefficient (Wildman–Crippen LogP) is 3.59. The van der Waals surface area contributed by atoms with Crippen molar-refractivity contribution in [3.8, 4) is 0 Å². The number of halogens is 1. The first-order valence-corrected chi connectivity index (χ1v) is 11.1. The molecular weight excluding hydrogens is 372 g/mol. The molecule has 0 radical (unpaired) electrons. The number of nitrogens with one attached hydrogen (secondary N) is 3. The second-order valence-corrected chi connectivity index (χ2v) is 8.90. The fourth-order valence-electron chi connectivity index (χ4n) is 4.23. The highest BCUT2D eigenvalue weighted by Crippen LogP contribution is 2.41. The highest BCUT2D eigenvalue weighted by molar-refractivity contribution is 6.30. The van der Waals surface area contributed by atoms with Gasteiger partial charge in [0.25, 0.3) is 0 Å². The molecule has 1 aromatic carbocycles. The minimum absolute atomic E-state index is 0.134. The molecule has 4 atom stereocenters. The Morgan fingerprint density at radius 2 is 1.96 bits per heavy atom. The van der Waals surface area contributed by atoms with Gasteiger partial charge in [-0.1, -0.05) is 30.2 Å². The normalized spacial score (nSPS) is 29.9. The lowest BCUT2D eigenvalue weighted by atomic mass is 9.85. The number of nitrogens with zero attached hydrogens (tertiary/aromatic N) is 1. The summed E-state index contributed by atoms with van der Waals surface area (Å²) in [6.07, 6.45) is 7.48. The summed E-state index contributed by atoms with van der Waals surface area (Å²) in [5, 5.41) is 11.1. The van der Waals surface area contributed by atoms with Crippen molar-refractivity contribution in [2.45, 2.75) is 75.9 Å². The van der Waals surface area contributed by atoms with Gasteiger partial charge in [0, 0.05) is 41.5 Å². The number of hydrogen-bond acceptors (Lipinski definition) is 2. The van der Waals surface area contributed by atoms with E-state index in [-0.39, 0.29) is 11.8 Å². The number of amides is 1. The number of carbonyl (C=O) groups is 1. The predicted molar refractivity (Wildman–Crippen MR) is 114 cm³/mol. The molecule has 0 bridgehead atoms. The maximum absolute atomic E-state index is 12.4. The summed E-state index contributed by atoms with van der Waals surface area (Å²) in [6, 6.07) is 9.28. The van der Waals surface area contributed by atoms with E-state index in [1.54, 1.807) is 0 Å². The molecule has 0 aromatic heterocycles. The topological polar surface area (TPSA) is 65.5 Å². The Morgan fingerprint density at radius 1 is 1.11 bits per heavy atom. The first-order valence-electron chi connectivity index (χ1n) is 10.8. The van der Waals surface area contributed by atoms with Crippen molar-refractivity contribution in [1.29, 1.82) is 0 Å². The van der Waals surface area contributed by atoms with Gasteiger partial charge in [-0.2, -0.15) is 0 Å². The van der Waals surface area contributed by atoms with Crippen molar-refractivity contribution in [3.05, 3.63) is 34.9 Å². The van der Waals surface area contributed by atoms with Gasteiger partial charge in [0.2, 0.25) is 5.91 Å². The van der Waals surface area contributed by atoms with E-state index in [1.165, 1.54) is 5.56 Å². The third kappa shape index (κ3) is 5.19. The average molecular weight is 403 g/mol. The lowest BCUT2D eigenvalue weighted by Gasteiger charge is -2.30. The lowest BCUT2D eigenvalue weighted by molar-refractivity contribution is -0.126. The van der Waals surface area contributed by atoms with Crippen molar-refractivity contribution in [2.24, 2.45) is 10.9 Å². The minimum atomic E-state index is 0.134. The summed E-state index contributed by atoms with van der Waals surface area (Å²) in [5.74, 6) is 1.75. The second-order valence-electron chi connectivity index (χ2n) is 8.46. The van der Waals surface area contributed by atoms with E-state index in [1.807, 2.05) is 12.1 Å². The van der Waals surface area contributed by atoms with Gasteiger partial charge >= 0.3 is 0 Å². The molecule has 5 nitrogen and oxygen atoms in total. The smallest absolute Gasteiger partial charge is 0.223 e. The summed E-state index contributed by atoms with van der Waals surface area (Å²) in [5.41, 5.74) is 1.29. The van der Waals surface area contributed by atoms with E-state index >= 15 is 0 Å². The molecule has 3 saturated carbocycles. The average Bonchev–Trinajstić information content (AvgIpc) is 3.59. The van der Waals surface area contributed by atoms with Gasteiger partial charge in [-0.15, -0.1) is 0 Å². The van der Waals surface area contributed by atoms with Crippen molar-refractivity contribution in [1.82, 2.24) is 16.0 Å². The Labute approximate surface area is 172 Å². The van der Waals surface area contributed by atoms with E-state index in [2.05, 4.69) is 40.0 Å². The molecule has 4 rings (SSSR count). The first kappa shape index (κ1) is 19.6. The number of guanidine groups is 1. The number of carbonyl (C=O) groups excluding carboxylic acids is 1. The molecule has 0 spiro atoms. The quantitative estimate of drug-likeness (QED) is 0.503. The fraction of sp³-hybridized carbons (Fsp3) is 0.636. The fourth-order valence-corrected chi connectivity index (χ4v) is 4.42. The third-order valence-corrected chi connectivity index (χ3v) is 6.25. The standard InChI is InChI=1S/C22H31ClN4O/c1-2-24-22(27-20-13-19(20)14-5-3-7-16(23)11-14)26-18-8-4-6-15(12-18)21(28)25-17-9-10-17/h3,5,7,11,15,17-20H,2,4,6,8-10,12-13H2,1H3,(H,25,28)(H2,24,26,27). The molecule has 0 heterocycles. The Hall–Kier alpha value is -1.75. The van der Waals surface area contributed by atoms with Crippen LogP contribution in [-0.4, -0.2) is 36.5 Å². The van der Waals surface area contributed by atoms with Crippen LogP contribution in [0.2, 0.25) is 5.02 Å². The Kier molecular flexibility index (Phi) is 6.10. The Bertz CT molecular complexity index is 733. The summed E-state index contributed by atoms with van der Waals surface area (Å²) in [7, 11) is 0. The summed E-state index contributed by atoms with van der Waals surface area (Å²) >= 11 is 6.13. The van der Waals surface area contributed by atoms with Crippen LogP contribution in [0.4, 0.5) is 0 Å². The molecule has 152 valence electrons. The SMILES string of the molecule is CCN=C(NC1CCCC(C(=O)NC2CC2)C1)NC1CC1c1cccc(Cl)c1. The Morgan fingerprint density at radius 3 is 2.71 bits per heavy atom. The van der Waals surface area contributed by atoms with E-state index in [0.717, 1.165) is 62.5 Å². The molecule has 3 aliphatic carbocycles. The maximum atomic E-state index is 12.4. The molecule has 0 aliphatic heterocycles. The zero-order chi connectivity index (χ0) is 19.5. The van der Waals surface area contributed by atoms with Gasteiger partial charge in [-0.25, -0.2) is 0 Å². The summed E-state index contributed by atoms with van der Waals surface area (Å²) in [4.78, 5) is 17.1. The molecule has 28 heavy (non-hydrogen) atoms. The number of hydrogen-bond donors (Lipinski definition) is 3. The minimum Gasteiger partial charge on any atom is -0.354 e. The van der Waals surface area contributed by atoms with Crippen LogP contribution in [0.5, 0.6) is 0 Å². The van der Waals surface area contributed by atoms with Gasteiger partial charge in [-0.05, 0) is 63.1 Å². The van der Waals surface area contributed by atoms with Gasteiger partial charge in [0.1, 0.15) is 0 Å². The van der Waals surface area contributed by atoms with Crippen LogP contribution >= 0.6 is 11.6 Å². The van der Waals surface area contributed by atoms with Crippen LogP contribution in [0.3, 0.4) is 0 Å². The third-order valence-electron chi connectivity index (χ3n) is 6.02. The van der Waals surface area contributed by atoms with Crippen LogP contribution in [0.25, 0.3) is 0 Å². The second kappa shape index (κ2) is 8.73. The zero-order valence-corrected chi connectivity index (χ0v) is 17.3. The molecule has 4 unspecified atom stereocenters. The highest BCUT2D eigenvalue weighted by Gasteiger charge is 2.39. The van der Waals surface area contributed by atoms with E-state index < -0.39 is 0 Å².